The smallest absolute Gasteiger partial charge is 0.339 e. The molecule has 0 bridgehead atoms. The summed E-state index contributed by atoms with van der Waals surface area (Å²) >= 11 is 5.56. The van der Waals surface area contributed by atoms with Gasteiger partial charge < -0.3 is 4.90 Å². The highest BCUT2D eigenvalue weighted by atomic mass is 35.5. The number of hydrogen-bond donors (Lipinski definition) is 1. The molecule has 1 aliphatic rings. The zero-order valence-electron chi connectivity index (χ0n) is 15.2. The van der Waals surface area contributed by atoms with Gasteiger partial charge in [0.1, 0.15) is 0 Å². The fraction of sp³-hybridized carbons (Fsp3) is 0.316. The van der Waals surface area contributed by atoms with E-state index in [1.54, 1.807) is 11.0 Å². The molecule has 29 heavy (non-hydrogen) atoms. The minimum Gasteiger partial charge on any atom is -0.339 e. The molecule has 0 atom stereocenters. The van der Waals surface area contributed by atoms with Crippen LogP contribution in [0.5, 0.6) is 0 Å². The number of anilines is 1. The fourth-order valence-corrected chi connectivity index (χ4v) is 4.45. The number of carbonyl (C=O) groups is 1. The van der Waals surface area contributed by atoms with Crippen molar-refractivity contribution >= 4 is 33.2 Å². The topological polar surface area (TPSA) is 66.5 Å². The quantitative estimate of drug-likeness (QED) is 0.734. The third-order valence-corrected chi connectivity index (χ3v) is 6.29. The molecule has 5 nitrogen and oxygen atoms in total. The van der Waals surface area contributed by atoms with Crippen molar-refractivity contribution in [1.29, 1.82) is 0 Å². The summed E-state index contributed by atoms with van der Waals surface area (Å²) in [7, 11) is -4.38. The van der Waals surface area contributed by atoms with Crippen LogP contribution in [-0.4, -0.2) is 32.3 Å². The molecular formula is C19H18ClF3N2O3S. The summed E-state index contributed by atoms with van der Waals surface area (Å²) in [6.45, 7) is 1.15. The van der Waals surface area contributed by atoms with E-state index in [1.807, 2.05) is 0 Å². The molecule has 0 unspecified atom stereocenters. The van der Waals surface area contributed by atoms with E-state index in [2.05, 4.69) is 4.72 Å². The summed E-state index contributed by atoms with van der Waals surface area (Å²) in [4.78, 5) is 13.8. The summed E-state index contributed by atoms with van der Waals surface area (Å²) in [6.07, 6.45) is -2.05. The molecule has 1 aliphatic heterocycles. The Hall–Kier alpha value is -2.26. The maximum absolute atomic E-state index is 13.1. The fourth-order valence-electron chi connectivity index (χ4n) is 3.12. The molecule has 1 heterocycles. The molecule has 1 saturated heterocycles. The molecule has 0 spiro atoms. The Balaban J connectivity index is 1.93. The van der Waals surface area contributed by atoms with Gasteiger partial charge in [0.25, 0.3) is 15.9 Å². The number of likely N-dealkylation sites (tertiary alicyclic amines) is 1. The Bertz CT molecular complexity index is 1020. The summed E-state index contributed by atoms with van der Waals surface area (Å²) in [6, 6.07) is 8.35. The lowest BCUT2D eigenvalue weighted by atomic mass is 10.1. The summed E-state index contributed by atoms with van der Waals surface area (Å²) in [5, 5.41) is -0.600. The number of piperidine rings is 1. The largest absolute Gasteiger partial charge is 0.417 e. The number of para-hydroxylation sites is 1. The second-order valence-electron chi connectivity index (χ2n) is 6.64. The Morgan fingerprint density at radius 2 is 1.69 bits per heavy atom. The van der Waals surface area contributed by atoms with Crippen LogP contribution in [0, 0.1) is 0 Å². The van der Waals surface area contributed by atoms with Gasteiger partial charge in [0.05, 0.1) is 26.7 Å². The molecule has 0 aromatic heterocycles. The van der Waals surface area contributed by atoms with Gasteiger partial charge in [0, 0.05) is 13.1 Å². The average Bonchev–Trinajstić information content (AvgIpc) is 2.67. The number of amides is 1. The second-order valence-corrected chi connectivity index (χ2v) is 8.73. The molecular weight excluding hydrogens is 429 g/mol. The lowest BCUT2D eigenvalue weighted by molar-refractivity contribution is -0.137. The molecule has 0 aliphatic carbocycles. The number of benzene rings is 2. The molecule has 2 aromatic rings. The molecule has 0 radical (unpaired) electrons. The van der Waals surface area contributed by atoms with E-state index in [0.717, 1.165) is 31.4 Å². The monoisotopic (exact) mass is 446 g/mol. The van der Waals surface area contributed by atoms with Gasteiger partial charge in [0.15, 0.2) is 0 Å². The van der Waals surface area contributed by atoms with E-state index in [-0.39, 0.29) is 17.2 Å². The third kappa shape index (κ3) is 4.84. The number of alkyl halides is 3. The number of nitrogens with one attached hydrogen (secondary N) is 1. The first-order valence-corrected chi connectivity index (χ1v) is 10.7. The van der Waals surface area contributed by atoms with Gasteiger partial charge in [-0.15, -0.1) is 0 Å². The lowest BCUT2D eigenvalue weighted by Crippen LogP contribution is -2.36. The van der Waals surface area contributed by atoms with Crippen LogP contribution in [0.15, 0.2) is 47.4 Å². The highest BCUT2D eigenvalue weighted by molar-refractivity contribution is 7.92. The molecule has 10 heteroatoms. The van der Waals surface area contributed by atoms with E-state index in [9.17, 15) is 26.4 Å². The number of nitrogens with zero attached hydrogens (tertiary/aromatic N) is 1. The number of sulfonamides is 1. The number of rotatable bonds is 4. The van der Waals surface area contributed by atoms with Gasteiger partial charge in [-0.3, -0.25) is 9.52 Å². The molecule has 3 rings (SSSR count). The zero-order valence-corrected chi connectivity index (χ0v) is 16.7. The van der Waals surface area contributed by atoms with Gasteiger partial charge in [-0.25, -0.2) is 8.42 Å². The van der Waals surface area contributed by atoms with Crippen molar-refractivity contribution in [2.75, 3.05) is 17.8 Å². The minimum atomic E-state index is -4.80. The minimum absolute atomic E-state index is 0.00609. The number of carbonyl (C=O) groups excluding carboxylic acids is 1. The van der Waals surface area contributed by atoms with Gasteiger partial charge in [-0.2, -0.15) is 13.2 Å². The van der Waals surface area contributed by atoms with E-state index >= 15 is 0 Å². The van der Waals surface area contributed by atoms with Gasteiger partial charge in [-0.05, 0) is 49.6 Å². The van der Waals surface area contributed by atoms with E-state index < -0.39 is 31.7 Å². The SMILES string of the molecule is O=C(c1ccccc1NS(=O)(=O)c1ccc(Cl)c(C(F)(F)F)c1)N1CCCCC1. The Morgan fingerprint density at radius 3 is 2.34 bits per heavy atom. The highest BCUT2D eigenvalue weighted by Crippen LogP contribution is 2.36. The van der Waals surface area contributed by atoms with Crippen LogP contribution in [-0.2, 0) is 16.2 Å². The van der Waals surface area contributed by atoms with E-state index in [0.29, 0.717) is 19.2 Å². The van der Waals surface area contributed by atoms with Crippen molar-refractivity contribution in [2.24, 2.45) is 0 Å². The first kappa shape index (κ1) is 21.4. The molecule has 2 aromatic carbocycles. The summed E-state index contributed by atoms with van der Waals surface area (Å²) < 4.78 is 66.8. The van der Waals surface area contributed by atoms with Gasteiger partial charge >= 0.3 is 6.18 Å². The van der Waals surface area contributed by atoms with Crippen molar-refractivity contribution in [1.82, 2.24) is 4.90 Å². The third-order valence-electron chi connectivity index (χ3n) is 4.60. The zero-order chi connectivity index (χ0) is 21.2. The maximum atomic E-state index is 13.1. The van der Waals surface area contributed by atoms with Crippen molar-refractivity contribution < 1.29 is 26.4 Å². The Kier molecular flexibility index (Phi) is 6.09. The van der Waals surface area contributed by atoms with Crippen molar-refractivity contribution in [3.05, 3.63) is 58.6 Å². The van der Waals surface area contributed by atoms with Crippen LogP contribution in [0.4, 0.5) is 18.9 Å². The molecule has 1 fully saturated rings. The van der Waals surface area contributed by atoms with Gasteiger partial charge in [0.2, 0.25) is 0 Å². The van der Waals surface area contributed by atoms with Crippen LogP contribution >= 0.6 is 11.6 Å². The Morgan fingerprint density at radius 1 is 1.03 bits per heavy atom. The molecule has 1 amide bonds. The summed E-state index contributed by atoms with van der Waals surface area (Å²) in [5.74, 6) is -0.324. The van der Waals surface area contributed by atoms with E-state index in [1.165, 1.54) is 18.2 Å². The van der Waals surface area contributed by atoms with Crippen molar-refractivity contribution in [3.63, 3.8) is 0 Å². The number of hydrogen-bond acceptors (Lipinski definition) is 3. The number of halogens is 4. The van der Waals surface area contributed by atoms with Gasteiger partial charge in [-0.1, -0.05) is 23.7 Å². The first-order chi connectivity index (χ1) is 13.6. The molecule has 0 saturated carbocycles. The first-order valence-electron chi connectivity index (χ1n) is 8.87. The predicted octanol–water partition coefficient (Wildman–Crippen LogP) is 4.79. The molecule has 1 N–H and O–H groups in total. The normalized spacial score (nSPS) is 15.2. The predicted molar refractivity (Wildman–Crippen MR) is 103 cm³/mol. The highest BCUT2D eigenvalue weighted by Gasteiger charge is 2.34. The molecule has 156 valence electrons. The maximum Gasteiger partial charge on any atom is 0.417 e. The van der Waals surface area contributed by atoms with Crippen LogP contribution in [0.2, 0.25) is 5.02 Å². The lowest BCUT2D eigenvalue weighted by Gasteiger charge is -2.27. The Labute approximate surface area is 171 Å². The van der Waals surface area contributed by atoms with Crippen molar-refractivity contribution in [3.8, 4) is 0 Å². The van der Waals surface area contributed by atoms with Crippen molar-refractivity contribution in [2.45, 2.75) is 30.3 Å². The average molecular weight is 447 g/mol. The van der Waals surface area contributed by atoms with E-state index in [4.69, 9.17) is 11.6 Å². The second kappa shape index (κ2) is 8.23. The van der Waals surface area contributed by atoms with Crippen LogP contribution in [0.25, 0.3) is 0 Å². The van der Waals surface area contributed by atoms with Crippen LogP contribution in [0.3, 0.4) is 0 Å². The van der Waals surface area contributed by atoms with Crippen LogP contribution < -0.4 is 4.72 Å². The van der Waals surface area contributed by atoms with Crippen LogP contribution in [0.1, 0.15) is 35.2 Å². The summed E-state index contributed by atoms with van der Waals surface area (Å²) in [5.41, 5.74) is -1.10. The standard InChI is InChI=1S/C19H18ClF3N2O3S/c20-16-9-8-13(12-15(16)19(21,22)23)29(27,28)24-17-7-3-2-6-14(17)18(26)25-10-4-1-5-11-25/h2-3,6-9,12,24H,1,4-5,10-11H2.